The van der Waals surface area contributed by atoms with Crippen LogP contribution in [0, 0.1) is 11.8 Å². The lowest BCUT2D eigenvalue weighted by Gasteiger charge is -2.51. The Morgan fingerprint density at radius 3 is 2.38 bits per heavy atom. The molecule has 1 saturated carbocycles. The van der Waals surface area contributed by atoms with E-state index in [1.807, 2.05) is 25.7 Å². The van der Waals surface area contributed by atoms with Crippen LogP contribution in [0.2, 0.25) is 0 Å². The van der Waals surface area contributed by atoms with Crippen LogP contribution < -0.4 is 5.32 Å². The summed E-state index contributed by atoms with van der Waals surface area (Å²) in [6.45, 7) is 10.8. The summed E-state index contributed by atoms with van der Waals surface area (Å²) in [6.07, 6.45) is 4.95. The Labute approximate surface area is 128 Å². The predicted octanol–water partition coefficient (Wildman–Crippen LogP) is 2.72. The second kappa shape index (κ2) is 5.62. The van der Waals surface area contributed by atoms with Gasteiger partial charge in [-0.25, -0.2) is 0 Å². The maximum absolute atomic E-state index is 13.0. The summed E-state index contributed by atoms with van der Waals surface area (Å²) in [5.41, 5.74) is -1.38. The highest BCUT2D eigenvalue weighted by Gasteiger charge is 2.59. The molecular formula is C17H30N2O2. The Hall–Kier alpha value is -1.06. The van der Waals surface area contributed by atoms with Crippen LogP contribution in [-0.4, -0.2) is 34.3 Å². The molecule has 2 aliphatic rings. The number of rotatable bonds is 6. The van der Waals surface area contributed by atoms with Gasteiger partial charge >= 0.3 is 0 Å². The minimum atomic E-state index is -0.739. The third-order valence-corrected chi connectivity index (χ3v) is 5.48. The maximum atomic E-state index is 13.0. The fourth-order valence-electron chi connectivity index (χ4n) is 3.52. The van der Waals surface area contributed by atoms with Gasteiger partial charge in [-0.1, -0.05) is 27.2 Å². The Morgan fingerprint density at radius 2 is 1.90 bits per heavy atom. The summed E-state index contributed by atoms with van der Waals surface area (Å²) in [5, 5.41) is 3.01. The van der Waals surface area contributed by atoms with Crippen molar-refractivity contribution >= 4 is 11.8 Å². The van der Waals surface area contributed by atoms with E-state index < -0.39 is 11.1 Å². The first-order valence-corrected chi connectivity index (χ1v) is 8.44. The van der Waals surface area contributed by atoms with Crippen LogP contribution in [0.5, 0.6) is 0 Å². The average molecular weight is 294 g/mol. The van der Waals surface area contributed by atoms with E-state index in [2.05, 4.69) is 19.2 Å². The molecule has 0 spiro atoms. The zero-order chi connectivity index (χ0) is 15.8. The van der Waals surface area contributed by atoms with Crippen molar-refractivity contribution in [3.05, 3.63) is 0 Å². The lowest BCUT2D eigenvalue weighted by atomic mass is 9.82. The highest BCUT2D eigenvalue weighted by Crippen LogP contribution is 2.46. The fraction of sp³-hybridized carbons (Fsp3) is 0.882. The van der Waals surface area contributed by atoms with E-state index in [-0.39, 0.29) is 11.8 Å². The molecule has 1 aliphatic carbocycles. The molecule has 1 heterocycles. The molecular weight excluding hydrogens is 264 g/mol. The summed E-state index contributed by atoms with van der Waals surface area (Å²) in [6, 6.07) is 0. The number of nitrogens with zero attached hydrogens (tertiary/aromatic N) is 1. The van der Waals surface area contributed by atoms with Crippen LogP contribution in [0.4, 0.5) is 0 Å². The molecule has 2 fully saturated rings. The molecule has 4 heteroatoms. The van der Waals surface area contributed by atoms with E-state index in [9.17, 15) is 9.59 Å². The van der Waals surface area contributed by atoms with Crippen LogP contribution in [-0.2, 0) is 9.59 Å². The summed E-state index contributed by atoms with van der Waals surface area (Å²) in [4.78, 5) is 27.7. The first kappa shape index (κ1) is 16.3. The summed E-state index contributed by atoms with van der Waals surface area (Å²) in [7, 11) is 0. The van der Waals surface area contributed by atoms with Crippen molar-refractivity contribution < 1.29 is 9.59 Å². The standard InChI is InChI=1S/C17H30N2O2/c1-6-8-12(3)11-19-15(21)16(4,7-2)18-14(20)17(19,5)13-9-10-13/h12-13H,6-11H2,1-5H3,(H,18,20). The van der Waals surface area contributed by atoms with Crippen molar-refractivity contribution in [1.29, 1.82) is 0 Å². The van der Waals surface area contributed by atoms with Crippen molar-refractivity contribution in [2.75, 3.05) is 6.54 Å². The van der Waals surface area contributed by atoms with Gasteiger partial charge in [0.1, 0.15) is 11.1 Å². The molecule has 2 rings (SSSR count). The first-order chi connectivity index (χ1) is 9.79. The molecule has 0 aromatic heterocycles. The van der Waals surface area contributed by atoms with Crippen LogP contribution >= 0.6 is 0 Å². The minimum Gasteiger partial charge on any atom is -0.340 e. The normalized spacial score (nSPS) is 34.8. The highest BCUT2D eigenvalue weighted by atomic mass is 16.2. The second-order valence-corrected chi connectivity index (χ2v) is 7.37. The van der Waals surface area contributed by atoms with Gasteiger partial charge in [-0.3, -0.25) is 9.59 Å². The first-order valence-electron chi connectivity index (χ1n) is 8.44. The second-order valence-electron chi connectivity index (χ2n) is 7.37. The van der Waals surface area contributed by atoms with Crippen molar-refractivity contribution in [1.82, 2.24) is 10.2 Å². The van der Waals surface area contributed by atoms with Gasteiger partial charge in [0.05, 0.1) is 0 Å². The average Bonchev–Trinajstić information content (AvgIpc) is 3.26. The Kier molecular flexibility index (Phi) is 4.36. The lowest BCUT2D eigenvalue weighted by molar-refractivity contribution is -0.164. The molecule has 2 amide bonds. The number of amides is 2. The molecule has 1 aliphatic heterocycles. The van der Waals surface area contributed by atoms with E-state index in [0.29, 0.717) is 24.8 Å². The molecule has 0 aromatic carbocycles. The van der Waals surface area contributed by atoms with Crippen LogP contribution in [0.3, 0.4) is 0 Å². The number of piperazine rings is 1. The van der Waals surface area contributed by atoms with Gasteiger partial charge in [-0.15, -0.1) is 0 Å². The predicted molar refractivity (Wildman–Crippen MR) is 83.8 cm³/mol. The zero-order valence-electron chi connectivity index (χ0n) is 14.2. The molecule has 0 bridgehead atoms. The number of carbonyl (C=O) groups is 2. The number of hydrogen-bond donors (Lipinski definition) is 1. The molecule has 0 aromatic rings. The SMILES string of the molecule is CCCC(C)CN1C(=O)C(C)(CC)NC(=O)C1(C)C1CC1. The van der Waals surface area contributed by atoms with Gasteiger partial charge in [-0.2, -0.15) is 0 Å². The molecule has 4 nitrogen and oxygen atoms in total. The summed E-state index contributed by atoms with van der Waals surface area (Å²) >= 11 is 0. The third kappa shape index (κ3) is 2.69. The van der Waals surface area contributed by atoms with Gasteiger partial charge in [0, 0.05) is 6.54 Å². The molecule has 1 saturated heterocycles. The summed E-state index contributed by atoms with van der Waals surface area (Å²) in [5.74, 6) is 0.903. The van der Waals surface area contributed by atoms with Gasteiger partial charge < -0.3 is 10.2 Å². The monoisotopic (exact) mass is 294 g/mol. The van der Waals surface area contributed by atoms with Crippen molar-refractivity contribution in [2.45, 2.75) is 77.8 Å². The van der Waals surface area contributed by atoms with Gasteiger partial charge in [0.25, 0.3) is 0 Å². The number of hydrogen-bond acceptors (Lipinski definition) is 2. The van der Waals surface area contributed by atoms with Gasteiger partial charge in [-0.05, 0) is 51.4 Å². The molecule has 1 N–H and O–H groups in total. The highest BCUT2D eigenvalue weighted by molar-refractivity contribution is 6.02. The minimum absolute atomic E-state index is 0.0395. The Bertz CT molecular complexity index is 433. The fourth-order valence-corrected chi connectivity index (χ4v) is 3.52. The third-order valence-electron chi connectivity index (χ3n) is 5.48. The molecule has 3 unspecified atom stereocenters. The van der Waals surface area contributed by atoms with Crippen molar-refractivity contribution in [3.63, 3.8) is 0 Å². The molecule has 0 radical (unpaired) electrons. The topological polar surface area (TPSA) is 49.4 Å². The largest absolute Gasteiger partial charge is 0.340 e. The molecule has 21 heavy (non-hydrogen) atoms. The zero-order valence-corrected chi connectivity index (χ0v) is 14.2. The lowest BCUT2D eigenvalue weighted by Crippen LogP contribution is -2.75. The molecule has 120 valence electrons. The van der Waals surface area contributed by atoms with E-state index in [0.717, 1.165) is 25.7 Å². The number of nitrogens with one attached hydrogen (secondary N) is 1. The number of carbonyl (C=O) groups excluding carboxylic acids is 2. The quantitative estimate of drug-likeness (QED) is 0.819. The smallest absolute Gasteiger partial charge is 0.248 e. The summed E-state index contributed by atoms with van der Waals surface area (Å²) < 4.78 is 0. The van der Waals surface area contributed by atoms with Gasteiger partial charge in [0.2, 0.25) is 11.8 Å². The van der Waals surface area contributed by atoms with E-state index in [1.54, 1.807) is 0 Å². The van der Waals surface area contributed by atoms with E-state index >= 15 is 0 Å². The van der Waals surface area contributed by atoms with Crippen molar-refractivity contribution in [2.24, 2.45) is 11.8 Å². The van der Waals surface area contributed by atoms with Crippen LogP contribution in [0.15, 0.2) is 0 Å². The Balaban J connectivity index is 2.31. The van der Waals surface area contributed by atoms with E-state index in [1.165, 1.54) is 0 Å². The van der Waals surface area contributed by atoms with Crippen LogP contribution in [0.25, 0.3) is 0 Å². The molecule has 3 atom stereocenters. The van der Waals surface area contributed by atoms with Gasteiger partial charge in [0.15, 0.2) is 0 Å². The Morgan fingerprint density at radius 1 is 1.29 bits per heavy atom. The van der Waals surface area contributed by atoms with Crippen LogP contribution in [0.1, 0.15) is 66.7 Å². The maximum Gasteiger partial charge on any atom is 0.248 e. The van der Waals surface area contributed by atoms with E-state index in [4.69, 9.17) is 0 Å². The van der Waals surface area contributed by atoms with Crippen molar-refractivity contribution in [3.8, 4) is 0 Å².